The van der Waals surface area contributed by atoms with Gasteiger partial charge in [-0.2, -0.15) is 0 Å². The van der Waals surface area contributed by atoms with E-state index in [1.807, 2.05) is 6.92 Å². The third kappa shape index (κ3) is 3.60. The van der Waals surface area contributed by atoms with Crippen molar-refractivity contribution < 1.29 is 0 Å². The maximum Gasteiger partial charge on any atom is 0.343 e. The van der Waals surface area contributed by atoms with E-state index < -0.39 is 0 Å². The third-order valence-electron chi connectivity index (χ3n) is 2.53. The van der Waals surface area contributed by atoms with E-state index in [0.717, 1.165) is 24.4 Å². The molecule has 0 radical (unpaired) electrons. The minimum atomic E-state index is -0.187. The Hall–Kier alpha value is -1.83. The summed E-state index contributed by atoms with van der Waals surface area (Å²) in [6.45, 7) is 5.57. The van der Waals surface area contributed by atoms with Gasteiger partial charge < -0.3 is 5.32 Å². The van der Waals surface area contributed by atoms with Crippen LogP contribution in [-0.2, 0) is 6.54 Å². The van der Waals surface area contributed by atoms with Crippen LogP contribution >= 0.6 is 11.8 Å². The number of aromatic amines is 1. The number of hydrogen-bond acceptors (Lipinski definition) is 6. The van der Waals surface area contributed by atoms with E-state index in [1.165, 1.54) is 11.8 Å². The van der Waals surface area contributed by atoms with Crippen LogP contribution in [-0.4, -0.2) is 31.3 Å². The second-order valence-corrected chi connectivity index (χ2v) is 5.20. The summed E-state index contributed by atoms with van der Waals surface area (Å²) < 4.78 is 1.62. The first-order valence-corrected chi connectivity index (χ1v) is 7.46. The Balaban J connectivity index is 2.15. The Morgan fingerprint density at radius 2 is 2.25 bits per heavy atom. The summed E-state index contributed by atoms with van der Waals surface area (Å²) in [4.78, 5) is 20.2. The van der Waals surface area contributed by atoms with Gasteiger partial charge in [0.25, 0.3) is 0 Å². The van der Waals surface area contributed by atoms with E-state index >= 15 is 0 Å². The predicted octanol–water partition coefficient (Wildman–Crippen LogP) is 1.74. The Morgan fingerprint density at radius 3 is 3.00 bits per heavy atom. The molecule has 2 heterocycles. The zero-order valence-corrected chi connectivity index (χ0v) is 12.4. The molecule has 0 spiro atoms. The van der Waals surface area contributed by atoms with Crippen molar-refractivity contribution in [3.63, 3.8) is 0 Å². The lowest BCUT2D eigenvalue weighted by Gasteiger charge is -2.05. The highest BCUT2D eigenvalue weighted by molar-refractivity contribution is 7.99. The minimum Gasteiger partial charge on any atom is -0.354 e. The fourth-order valence-corrected chi connectivity index (χ4v) is 2.44. The van der Waals surface area contributed by atoms with Crippen molar-refractivity contribution in [2.75, 3.05) is 11.9 Å². The number of hydrogen-bond donors (Lipinski definition) is 2. The molecule has 2 aromatic heterocycles. The maximum atomic E-state index is 11.6. The van der Waals surface area contributed by atoms with E-state index in [1.54, 1.807) is 16.8 Å². The molecule has 0 atom stereocenters. The molecule has 2 rings (SSSR count). The summed E-state index contributed by atoms with van der Waals surface area (Å²) in [6.07, 6.45) is 3.58. The van der Waals surface area contributed by atoms with E-state index in [2.05, 4.69) is 32.4 Å². The van der Waals surface area contributed by atoms with E-state index in [0.29, 0.717) is 17.6 Å². The molecule has 2 aromatic rings. The average molecular weight is 294 g/mol. The fraction of sp³-hybridized carbons (Fsp3) is 0.500. The van der Waals surface area contributed by atoms with Gasteiger partial charge in [0.2, 0.25) is 5.95 Å². The van der Waals surface area contributed by atoms with Crippen LogP contribution in [0.5, 0.6) is 0 Å². The molecule has 0 aliphatic heterocycles. The fourth-order valence-electron chi connectivity index (χ4n) is 1.62. The number of anilines is 1. The maximum absolute atomic E-state index is 11.6. The summed E-state index contributed by atoms with van der Waals surface area (Å²) in [5, 5.41) is 11.0. The molecule has 0 aliphatic carbocycles. The molecular weight excluding hydrogens is 276 g/mol. The zero-order valence-electron chi connectivity index (χ0n) is 11.6. The number of nitrogens with zero attached hydrogens (tertiary/aromatic N) is 4. The summed E-state index contributed by atoms with van der Waals surface area (Å²) in [5.74, 6) is 0.594. The largest absolute Gasteiger partial charge is 0.354 e. The van der Waals surface area contributed by atoms with Crippen LogP contribution in [0.4, 0.5) is 5.95 Å². The van der Waals surface area contributed by atoms with Gasteiger partial charge in [-0.25, -0.2) is 19.9 Å². The average Bonchev–Trinajstić information content (AvgIpc) is 2.79. The Morgan fingerprint density at radius 1 is 1.40 bits per heavy atom. The molecule has 7 nitrogen and oxygen atoms in total. The first kappa shape index (κ1) is 14.6. The van der Waals surface area contributed by atoms with Crippen LogP contribution in [0.1, 0.15) is 26.7 Å². The van der Waals surface area contributed by atoms with Gasteiger partial charge in [-0.3, -0.25) is 4.57 Å². The van der Waals surface area contributed by atoms with Crippen molar-refractivity contribution in [2.24, 2.45) is 0 Å². The number of H-pyrrole nitrogens is 1. The molecule has 0 saturated carbocycles. The van der Waals surface area contributed by atoms with E-state index in [-0.39, 0.29) is 5.69 Å². The molecule has 0 saturated heterocycles. The SMILES string of the molecule is CCCNc1nccc(Sc2n[nH]c(=O)n2CCC)n1. The van der Waals surface area contributed by atoms with Gasteiger partial charge in [0.15, 0.2) is 5.16 Å². The van der Waals surface area contributed by atoms with Crippen molar-refractivity contribution in [1.82, 2.24) is 24.7 Å². The molecule has 2 N–H and O–H groups in total. The molecule has 0 unspecified atom stereocenters. The molecule has 8 heteroatoms. The second kappa shape index (κ2) is 7.09. The van der Waals surface area contributed by atoms with Crippen LogP contribution in [0, 0.1) is 0 Å². The van der Waals surface area contributed by atoms with Crippen molar-refractivity contribution in [1.29, 1.82) is 0 Å². The molecular formula is C12H18N6OS. The standard InChI is InChI=1S/C12H18N6OS/c1-3-6-13-10-14-7-5-9(15-10)20-12-17-16-11(19)18(12)8-4-2/h5,7H,3-4,6,8H2,1-2H3,(H,16,19)(H,13,14,15). The van der Waals surface area contributed by atoms with Gasteiger partial charge in [0, 0.05) is 19.3 Å². The van der Waals surface area contributed by atoms with E-state index in [4.69, 9.17) is 0 Å². The molecule has 108 valence electrons. The molecule has 0 bridgehead atoms. The lowest BCUT2D eigenvalue weighted by molar-refractivity contribution is 0.603. The van der Waals surface area contributed by atoms with Crippen LogP contribution in [0.25, 0.3) is 0 Å². The summed E-state index contributed by atoms with van der Waals surface area (Å²) in [6, 6.07) is 1.80. The smallest absolute Gasteiger partial charge is 0.343 e. The van der Waals surface area contributed by atoms with Gasteiger partial charge in [-0.1, -0.05) is 13.8 Å². The summed E-state index contributed by atoms with van der Waals surface area (Å²) >= 11 is 1.35. The van der Waals surface area contributed by atoms with Gasteiger partial charge in [0.05, 0.1) is 0 Å². The highest BCUT2D eigenvalue weighted by atomic mass is 32.2. The van der Waals surface area contributed by atoms with Crippen LogP contribution in [0.2, 0.25) is 0 Å². The van der Waals surface area contributed by atoms with Crippen molar-refractivity contribution in [3.05, 3.63) is 22.7 Å². The lowest BCUT2D eigenvalue weighted by atomic mass is 10.5. The molecule has 0 amide bonds. The van der Waals surface area contributed by atoms with Crippen molar-refractivity contribution in [2.45, 2.75) is 43.4 Å². The quantitative estimate of drug-likeness (QED) is 0.756. The van der Waals surface area contributed by atoms with E-state index in [9.17, 15) is 4.79 Å². The first-order valence-electron chi connectivity index (χ1n) is 6.64. The topological polar surface area (TPSA) is 88.5 Å². The summed E-state index contributed by atoms with van der Waals surface area (Å²) in [5.41, 5.74) is -0.187. The number of nitrogens with one attached hydrogen (secondary N) is 2. The van der Waals surface area contributed by atoms with Crippen molar-refractivity contribution >= 4 is 17.7 Å². The summed E-state index contributed by atoms with van der Waals surface area (Å²) in [7, 11) is 0. The van der Waals surface area contributed by atoms with Gasteiger partial charge in [-0.05, 0) is 30.7 Å². The highest BCUT2D eigenvalue weighted by Crippen LogP contribution is 2.23. The van der Waals surface area contributed by atoms with Gasteiger partial charge in [0.1, 0.15) is 5.03 Å². The second-order valence-electron chi connectivity index (χ2n) is 4.21. The molecule has 0 aromatic carbocycles. The molecule has 0 aliphatic rings. The monoisotopic (exact) mass is 294 g/mol. The number of rotatable bonds is 7. The van der Waals surface area contributed by atoms with Gasteiger partial charge >= 0.3 is 5.69 Å². The van der Waals surface area contributed by atoms with Gasteiger partial charge in [-0.15, -0.1) is 5.10 Å². The highest BCUT2D eigenvalue weighted by Gasteiger charge is 2.10. The molecule has 20 heavy (non-hydrogen) atoms. The van der Waals surface area contributed by atoms with Crippen LogP contribution in [0.3, 0.4) is 0 Å². The third-order valence-corrected chi connectivity index (χ3v) is 3.46. The Labute approximate surface area is 121 Å². The predicted molar refractivity (Wildman–Crippen MR) is 78.1 cm³/mol. The molecule has 0 fully saturated rings. The normalized spacial score (nSPS) is 10.7. The zero-order chi connectivity index (χ0) is 14.4. The lowest BCUT2D eigenvalue weighted by Crippen LogP contribution is -2.17. The van der Waals surface area contributed by atoms with Crippen molar-refractivity contribution in [3.8, 4) is 0 Å². The minimum absolute atomic E-state index is 0.187. The Bertz CT molecular complexity index is 608. The van der Waals surface area contributed by atoms with Crippen LogP contribution < -0.4 is 11.0 Å². The van der Waals surface area contributed by atoms with Crippen LogP contribution in [0.15, 0.2) is 27.2 Å². The number of aromatic nitrogens is 5. The first-order chi connectivity index (χ1) is 9.74. The Kier molecular flexibility index (Phi) is 5.16.